The van der Waals surface area contributed by atoms with Crippen molar-refractivity contribution in [3.8, 4) is 31.6 Å². The number of aryl methyl sites for hydroxylation is 3. The molecule has 0 saturated carbocycles. The van der Waals surface area contributed by atoms with E-state index in [1.807, 2.05) is 20.9 Å². The molecule has 0 atom stereocenters. The summed E-state index contributed by atoms with van der Waals surface area (Å²) in [4.78, 5) is 9.62. The smallest absolute Gasteiger partial charge is 0.272 e. The maximum absolute atomic E-state index is 14.5. The number of hydrogen-bond acceptors (Lipinski definition) is 6. The largest absolute Gasteiger partial charge is 0.342 e. The van der Waals surface area contributed by atoms with Crippen molar-refractivity contribution in [1.82, 2.24) is 4.57 Å². The van der Waals surface area contributed by atoms with E-state index in [-0.39, 0.29) is 9.75 Å². The Morgan fingerprint density at radius 3 is 1.39 bits per heavy atom. The van der Waals surface area contributed by atoms with Crippen LogP contribution in [0.3, 0.4) is 0 Å². The molecule has 0 aliphatic carbocycles. The standard InChI is InChI=1S/C31H19F4N5S4/c1-14-24-28(43-26(14)20-10-8-18(41-20)22(30(3,32)33)16(12-36)38-5)29-25(40(24)7)15(2)27(44-29)21-11-9-19(42-21)23(31(4,34)35)17(13-37)39-6/h8-11H,1-4,7H3/b22-16-,23-17+. The predicted molar refractivity (Wildman–Crippen MR) is 172 cm³/mol. The molecule has 0 spiro atoms. The van der Waals surface area contributed by atoms with E-state index < -0.39 is 34.4 Å². The summed E-state index contributed by atoms with van der Waals surface area (Å²) in [6.07, 6.45) is 0. The molecular formula is C31H19F4N5S4. The van der Waals surface area contributed by atoms with Crippen molar-refractivity contribution < 1.29 is 17.6 Å². The molecule has 0 saturated heterocycles. The third-order valence-electron chi connectivity index (χ3n) is 7.05. The fourth-order valence-electron chi connectivity index (χ4n) is 5.25. The third-order valence-corrected chi connectivity index (χ3v) is 12.3. The SMILES string of the molecule is [C-]#[N+]/C(C#N)=C(\c1ccc(-c2sc3c4sc(-c5ccc(/C(=C(\C#N)[N+]#[C-])C(C)(F)F)s5)c(C)c4n(C)c3c2C)s1)C(C)(F)F. The quantitative estimate of drug-likeness (QED) is 0.103. The van der Waals surface area contributed by atoms with E-state index in [1.54, 1.807) is 24.3 Å². The van der Waals surface area contributed by atoms with E-state index in [0.29, 0.717) is 13.8 Å². The molecule has 5 nitrogen and oxygen atoms in total. The molecule has 0 bridgehead atoms. The summed E-state index contributed by atoms with van der Waals surface area (Å²) in [6, 6.07) is 9.68. The number of allylic oxidation sites excluding steroid dienone is 4. The Bertz CT molecular complexity index is 2040. The lowest BCUT2D eigenvalue weighted by atomic mass is 10.1. The van der Waals surface area contributed by atoms with E-state index in [4.69, 9.17) is 13.1 Å². The van der Waals surface area contributed by atoms with Crippen LogP contribution >= 0.6 is 45.3 Å². The Labute approximate surface area is 266 Å². The first-order valence-electron chi connectivity index (χ1n) is 12.7. The number of aromatic nitrogens is 1. The number of thiophene rings is 4. The maximum Gasteiger partial charge on any atom is 0.272 e. The average Bonchev–Trinajstić information content (AvgIpc) is 3.76. The highest BCUT2D eigenvalue weighted by molar-refractivity contribution is 7.33. The highest BCUT2D eigenvalue weighted by atomic mass is 32.1. The van der Waals surface area contributed by atoms with Gasteiger partial charge < -0.3 is 4.57 Å². The Morgan fingerprint density at radius 1 is 0.727 bits per heavy atom. The van der Waals surface area contributed by atoms with E-state index >= 15 is 0 Å². The van der Waals surface area contributed by atoms with Crippen molar-refractivity contribution in [2.45, 2.75) is 39.5 Å². The number of fused-ring (bicyclic) bond motifs is 3. The highest BCUT2D eigenvalue weighted by Crippen LogP contribution is 2.52. The Hall–Kier alpha value is -4.24. The van der Waals surface area contributed by atoms with Crippen LogP contribution in [0.5, 0.6) is 0 Å². The molecule has 220 valence electrons. The first-order chi connectivity index (χ1) is 20.7. The minimum Gasteiger partial charge on any atom is -0.342 e. The zero-order chi connectivity index (χ0) is 32.3. The van der Waals surface area contributed by atoms with Gasteiger partial charge in [0.05, 0.1) is 56.9 Å². The minimum absolute atomic E-state index is 0.161. The van der Waals surface area contributed by atoms with Gasteiger partial charge in [-0.1, -0.05) is 0 Å². The van der Waals surface area contributed by atoms with Crippen LogP contribution in [-0.4, -0.2) is 16.4 Å². The predicted octanol–water partition coefficient (Wildman–Crippen LogP) is 11.1. The summed E-state index contributed by atoms with van der Waals surface area (Å²) in [5.74, 6) is -6.75. The fraction of sp³-hybridized carbons (Fsp3) is 0.226. The zero-order valence-corrected chi connectivity index (χ0v) is 27.0. The van der Waals surface area contributed by atoms with Crippen LogP contribution in [-0.2, 0) is 7.05 Å². The van der Waals surface area contributed by atoms with Gasteiger partial charge in [-0.25, -0.2) is 37.8 Å². The highest BCUT2D eigenvalue weighted by Gasteiger charge is 2.35. The second kappa shape index (κ2) is 11.0. The first-order valence-corrected chi connectivity index (χ1v) is 16.0. The molecule has 5 aromatic heterocycles. The molecule has 44 heavy (non-hydrogen) atoms. The molecular weight excluding hydrogens is 647 g/mol. The normalized spacial score (nSPS) is 13.3. The van der Waals surface area contributed by atoms with Crippen molar-refractivity contribution in [1.29, 1.82) is 10.5 Å². The Kier molecular flexibility index (Phi) is 7.82. The number of hydrogen-bond donors (Lipinski definition) is 0. The lowest BCUT2D eigenvalue weighted by Crippen LogP contribution is -2.13. The molecule has 0 amide bonds. The van der Waals surface area contributed by atoms with Crippen LogP contribution in [0.1, 0.15) is 34.7 Å². The number of alkyl halides is 4. The summed E-state index contributed by atoms with van der Waals surface area (Å²) in [5.41, 5.74) is 1.47. The van der Waals surface area contributed by atoms with Gasteiger partial charge in [0.25, 0.3) is 23.2 Å². The monoisotopic (exact) mass is 665 g/mol. The van der Waals surface area contributed by atoms with E-state index in [0.717, 1.165) is 73.7 Å². The second-order valence-electron chi connectivity index (χ2n) is 10.0. The number of nitriles is 2. The Balaban J connectivity index is 1.64. The second-order valence-corrected chi connectivity index (χ2v) is 14.2. The lowest BCUT2D eigenvalue weighted by molar-refractivity contribution is 0.0884. The van der Waals surface area contributed by atoms with Crippen LogP contribution in [0, 0.1) is 49.7 Å². The lowest BCUT2D eigenvalue weighted by Gasteiger charge is -2.14. The number of halogens is 4. The van der Waals surface area contributed by atoms with Crippen LogP contribution < -0.4 is 0 Å². The third kappa shape index (κ3) is 4.93. The molecule has 0 aliphatic rings. The van der Waals surface area contributed by atoms with Crippen LogP contribution in [0.4, 0.5) is 17.6 Å². The Morgan fingerprint density at radius 2 is 1.09 bits per heavy atom. The van der Waals surface area contributed by atoms with Gasteiger partial charge in [-0.2, -0.15) is 0 Å². The molecule has 13 heteroatoms. The molecule has 5 rings (SSSR count). The van der Waals surface area contributed by atoms with Crippen molar-refractivity contribution in [2.24, 2.45) is 7.05 Å². The first kappa shape index (κ1) is 31.2. The molecule has 0 fully saturated rings. The van der Waals surface area contributed by atoms with Crippen molar-refractivity contribution in [3.63, 3.8) is 0 Å². The van der Waals surface area contributed by atoms with Gasteiger partial charge in [-0.3, -0.25) is 0 Å². The summed E-state index contributed by atoms with van der Waals surface area (Å²) < 4.78 is 62.0. The van der Waals surface area contributed by atoms with Gasteiger partial charge in [0.2, 0.25) is 0 Å². The molecule has 0 radical (unpaired) electrons. The fourth-order valence-corrected chi connectivity index (χ4v) is 10.7. The van der Waals surface area contributed by atoms with Crippen molar-refractivity contribution >= 4 is 76.9 Å². The van der Waals surface area contributed by atoms with Crippen molar-refractivity contribution in [2.75, 3.05) is 0 Å². The summed E-state index contributed by atoms with van der Waals surface area (Å²) in [6.45, 7) is 19.7. The van der Waals surface area contributed by atoms with Gasteiger partial charge in [-0.15, -0.1) is 45.3 Å². The molecule has 5 aromatic rings. The van der Waals surface area contributed by atoms with Crippen LogP contribution in [0.25, 0.3) is 60.8 Å². The van der Waals surface area contributed by atoms with Crippen molar-refractivity contribution in [3.05, 3.63) is 79.4 Å². The van der Waals surface area contributed by atoms with Gasteiger partial charge in [0, 0.05) is 50.2 Å². The minimum atomic E-state index is -3.37. The van der Waals surface area contributed by atoms with Gasteiger partial charge in [0.15, 0.2) is 0 Å². The zero-order valence-electron chi connectivity index (χ0n) is 23.7. The molecule has 5 heterocycles. The van der Waals surface area contributed by atoms with E-state index in [9.17, 15) is 28.1 Å². The van der Waals surface area contributed by atoms with Crippen LogP contribution in [0.15, 0.2) is 35.7 Å². The molecule has 0 unspecified atom stereocenters. The van der Waals surface area contributed by atoms with Gasteiger partial charge in [0.1, 0.15) is 0 Å². The number of nitrogens with zero attached hydrogens (tertiary/aromatic N) is 5. The topological polar surface area (TPSA) is 61.2 Å². The van der Waals surface area contributed by atoms with Crippen LogP contribution in [0.2, 0.25) is 0 Å². The average molecular weight is 666 g/mol. The summed E-state index contributed by atoms with van der Waals surface area (Å²) in [7, 11) is 1.94. The van der Waals surface area contributed by atoms with Gasteiger partial charge in [-0.05, 0) is 49.2 Å². The summed E-state index contributed by atoms with van der Waals surface area (Å²) >= 11 is 5.25. The molecule has 0 N–H and O–H groups in total. The van der Waals surface area contributed by atoms with Gasteiger partial charge >= 0.3 is 0 Å². The van der Waals surface area contributed by atoms with E-state index in [1.165, 1.54) is 34.8 Å². The summed E-state index contributed by atoms with van der Waals surface area (Å²) in [5, 5.41) is 18.6. The molecule has 0 aliphatic heterocycles. The molecule has 0 aromatic carbocycles. The van der Waals surface area contributed by atoms with E-state index in [2.05, 4.69) is 14.3 Å². The maximum atomic E-state index is 14.5. The number of rotatable bonds is 6.